The number of hydrogen-bond donors (Lipinski definition) is 0. The SMILES string of the molecule is CC(C)OC1(c2ccc(Cl)cc2)OC(c2ccncc2)=Nc2ccccc21. The van der Waals surface area contributed by atoms with Crippen LogP contribution in [0.4, 0.5) is 5.69 Å². The van der Waals surface area contributed by atoms with Crippen molar-refractivity contribution in [1.29, 1.82) is 0 Å². The zero-order valence-electron chi connectivity index (χ0n) is 15.1. The molecule has 0 radical (unpaired) electrons. The lowest BCUT2D eigenvalue weighted by Gasteiger charge is -2.39. The molecule has 0 amide bonds. The Balaban J connectivity index is 1.94. The number of pyridine rings is 1. The molecule has 2 aromatic carbocycles. The Morgan fingerprint density at radius 3 is 2.37 bits per heavy atom. The van der Waals surface area contributed by atoms with Crippen LogP contribution in [0.1, 0.15) is 30.5 Å². The number of aromatic nitrogens is 1. The predicted octanol–water partition coefficient (Wildman–Crippen LogP) is 5.47. The van der Waals surface area contributed by atoms with E-state index in [1.54, 1.807) is 12.4 Å². The van der Waals surface area contributed by atoms with E-state index in [1.807, 2.05) is 74.5 Å². The number of aliphatic imine (C=N–C) groups is 1. The van der Waals surface area contributed by atoms with E-state index in [9.17, 15) is 0 Å². The van der Waals surface area contributed by atoms with Crippen LogP contribution < -0.4 is 0 Å². The van der Waals surface area contributed by atoms with E-state index >= 15 is 0 Å². The maximum absolute atomic E-state index is 6.48. The van der Waals surface area contributed by atoms with Crippen LogP contribution in [0, 0.1) is 0 Å². The molecule has 27 heavy (non-hydrogen) atoms. The van der Waals surface area contributed by atoms with Crippen molar-refractivity contribution in [3.05, 3.63) is 94.8 Å². The molecule has 4 rings (SSSR count). The second kappa shape index (κ2) is 7.14. The molecule has 1 unspecified atom stereocenters. The van der Waals surface area contributed by atoms with E-state index in [2.05, 4.69) is 4.98 Å². The number of fused-ring (bicyclic) bond motifs is 1. The monoisotopic (exact) mass is 378 g/mol. The fraction of sp³-hybridized carbons (Fsp3) is 0.182. The van der Waals surface area contributed by atoms with Crippen LogP contribution in [0.2, 0.25) is 5.02 Å². The van der Waals surface area contributed by atoms with Gasteiger partial charge in [0.15, 0.2) is 0 Å². The largest absolute Gasteiger partial charge is 0.436 e. The molecule has 2 heterocycles. The third-order valence-corrected chi connectivity index (χ3v) is 4.53. The number of ether oxygens (including phenoxy) is 2. The van der Waals surface area contributed by atoms with Gasteiger partial charge in [0.2, 0.25) is 5.90 Å². The van der Waals surface area contributed by atoms with Crippen molar-refractivity contribution < 1.29 is 9.47 Å². The summed E-state index contributed by atoms with van der Waals surface area (Å²) in [6.07, 6.45) is 3.36. The van der Waals surface area contributed by atoms with Gasteiger partial charge in [-0.2, -0.15) is 0 Å². The van der Waals surface area contributed by atoms with Crippen molar-refractivity contribution in [1.82, 2.24) is 4.98 Å². The van der Waals surface area contributed by atoms with Crippen LogP contribution in [0.5, 0.6) is 0 Å². The summed E-state index contributed by atoms with van der Waals surface area (Å²) in [5, 5.41) is 0.658. The Labute approximate surface area is 163 Å². The summed E-state index contributed by atoms with van der Waals surface area (Å²) >= 11 is 6.11. The summed E-state index contributed by atoms with van der Waals surface area (Å²) in [5.74, 6) is -0.623. The van der Waals surface area contributed by atoms with Gasteiger partial charge in [0.1, 0.15) is 0 Å². The van der Waals surface area contributed by atoms with E-state index in [1.165, 1.54) is 0 Å². The Bertz CT molecular complexity index is 971. The average molecular weight is 379 g/mol. The third-order valence-electron chi connectivity index (χ3n) is 4.27. The van der Waals surface area contributed by atoms with Crippen molar-refractivity contribution in [3.8, 4) is 0 Å². The van der Waals surface area contributed by atoms with Crippen LogP contribution in [-0.4, -0.2) is 17.0 Å². The van der Waals surface area contributed by atoms with Gasteiger partial charge in [0.25, 0.3) is 5.79 Å². The highest BCUT2D eigenvalue weighted by Gasteiger charge is 2.44. The maximum atomic E-state index is 6.48. The lowest BCUT2D eigenvalue weighted by atomic mass is 9.94. The average Bonchev–Trinajstić information content (AvgIpc) is 2.68. The molecule has 0 aliphatic carbocycles. The molecule has 1 aromatic heterocycles. The number of rotatable bonds is 4. The van der Waals surface area contributed by atoms with E-state index in [4.69, 9.17) is 26.1 Å². The summed E-state index contributed by atoms with van der Waals surface area (Å²) in [4.78, 5) is 8.80. The Kier molecular flexibility index (Phi) is 4.68. The second-order valence-corrected chi connectivity index (χ2v) is 7.00. The normalized spacial score (nSPS) is 18.6. The first-order chi connectivity index (χ1) is 13.1. The van der Waals surface area contributed by atoms with Gasteiger partial charge in [-0.05, 0) is 50.2 Å². The summed E-state index contributed by atoms with van der Waals surface area (Å²) in [6.45, 7) is 3.98. The fourth-order valence-corrected chi connectivity index (χ4v) is 3.29. The number of halogens is 1. The Morgan fingerprint density at radius 2 is 1.67 bits per heavy atom. The molecule has 1 aliphatic rings. The van der Waals surface area contributed by atoms with Crippen LogP contribution in [0.25, 0.3) is 0 Å². The molecule has 0 spiro atoms. The van der Waals surface area contributed by atoms with Gasteiger partial charge in [-0.1, -0.05) is 35.9 Å². The molecule has 3 aromatic rings. The molecule has 4 nitrogen and oxygen atoms in total. The summed E-state index contributed by atoms with van der Waals surface area (Å²) < 4.78 is 12.9. The lowest BCUT2D eigenvalue weighted by molar-refractivity contribution is -0.192. The summed E-state index contributed by atoms with van der Waals surface area (Å²) in [6, 6.07) is 19.1. The first-order valence-corrected chi connectivity index (χ1v) is 9.18. The summed E-state index contributed by atoms with van der Waals surface area (Å²) in [5.41, 5.74) is 3.37. The molecule has 0 saturated heterocycles. The van der Waals surface area contributed by atoms with Crippen molar-refractivity contribution >= 4 is 23.2 Å². The zero-order chi connectivity index (χ0) is 18.9. The van der Waals surface area contributed by atoms with E-state index < -0.39 is 5.79 Å². The first kappa shape index (κ1) is 17.7. The van der Waals surface area contributed by atoms with E-state index in [-0.39, 0.29) is 6.10 Å². The van der Waals surface area contributed by atoms with Crippen molar-refractivity contribution in [2.45, 2.75) is 25.7 Å². The predicted molar refractivity (Wildman–Crippen MR) is 106 cm³/mol. The van der Waals surface area contributed by atoms with Crippen LogP contribution in [-0.2, 0) is 15.3 Å². The number of nitrogens with zero attached hydrogens (tertiary/aromatic N) is 2. The molecule has 0 bridgehead atoms. The van der Waals surface area contributed by atoms with Crippen LogP contribution in [0.15, 0.2) is 78.0 Å². The fourth-order valence-electron chi connectivity index (χ4n) is 3.16. The van der Waals surface area contributed by atoms with Gasteiger partial charge in [0, 0.05) is 28.5 Å². The van der Waals surface area contributed by atoms with E-state index in [0.717, 1.165) is 22.4 Å². The van der Waals surface area contributed by atoms with Crippen molar-refractivity contribution in [2.24, 2.45) is 4.99 Å². The topological polar surface area (TPSA) is 43.7 Å². The Morgan fingerprint density at radius 1 is 0.963 bits per heavy atom. The molecule has 1 aliphatic heterocycles. The van der Waals surface area contributed by atoms with Gasteiger partial charge in [-0.15, -0.1) is 0 Å². The number of benzene rings is 2. The highest BCUT2D eigenvalue weighted by molar-refractivity contribution is 6.30. The van der Waals surface area contributed by atoms with E-state index in [0.29, 0.717) is 10.9 Å². The molecule has 0 fully saturated rings. The zero-order valence-corrected chi connectivity index (χ0v) is 15.9. The lowest BCUT2D eigenvalue weighted by Crippen LogP contribution is -2.41. The minimum absolute atomic E-state index is 0.0782. The summed E-state index contributed by atoms with van der Waals surface area (Å²) in [7, 11) is 0. The molecule has 1 atom stereocenters. The molecule has 136 valence electrons. The smallest absolute Gasteiger partial charge is 0.268 e. The highest BCUT2D eigenvalue weighted by atomic mass is 35.5. The molecule has 0 saturated carbocycles. The molecular formula is C22H19ClN2O2. The quantitative estimate of drug-likeness (QED) is 0.604. The minimum Gasteiger partial charge on any atom is -0.436 e. The van der Waals surface area contributed by atoms with Gasteiger partial charge in [-0.3, -0.25) is 4.98 Å². The van der Waals surface area contributed by atoms with Gasteiger partial charge < -0.3 is 9.47 Å². The number of para-hydroxylation sites is 1. The van der Waals surface area contributed by atoms with Gasteiger partial charge in [-0.25, -0.2) is 4.99 Å². The molecular weight excluding hydrogens is 360 g/mol. The standard InChI is InChI=1S/C22H19ClN2O2/c1-15(2)26-22(17-7-9-18(23)10-8-17)19-5-3-4-6-20(19)25-21(27-22)16-11-13-24-14-12-16/h3-15H,1-2H3. The third kappa shape index (κ3) is 3.34. The highest BCUT2D eigenvalue weighted by Crippen LogP contribution is 2.45. The first-order valence-electron chi connectivity index (χ1n) is 8.80. The maximum Gasteiger partial charge on any atom is 0.268 e. The second-order valence-electron chi connectivity index (χ2n) is 6.56. The van der Waals surface area contributed by atoms with Crippen LogP contribution >= 0.6 is 11.6 Å². The number of hydrogen-bond acceptors (Lipinski definition) is 4. The van der Waals surface area contributed by atoms with Gasteiger partial charge in [0.05, 0.1) is 17.4 Å². The molecule has 0 N–H and O–H groups in total. The van der Waals surface area contributed by atoms with Crippen molar-refractivity contribution in [2.75, 3.05) is 0 Å². The van der Waals surface area contributed by atoms with Crippen LogP contribution in [0.3, 0.4) is 0 Å². The Hall–Kier alpha value is -2.69. The minimum atomic E-state index is -1.12. The molecule has 5 heteroatoms. The van der Waals surface area contributed by atoms with Gasteiger partial charge >= 0.3 is 0 Å². The van der Waals surface area contributed by atoms with Crippen molar-refractivity contribution in [3.63, 3.8) is 0 Å².